The zero-order valence-electron chi connectivity index (χ0n) is 19.2. The fourth-order valence-corrected chi connectivity index (χ4v) is 6.28. The topological polar surface area (TPSA) is 113 Å². The van der Waals surface area contributed by atoms with Crippen LogP contribution in [0.1, 0.15) is 18.4 Å². The van der Waals surface area contributed by atoms with Gasteiger partial charge in [0.15, 0.2) is 0 Å². The van der Waals surface area contributed by atoms with Crippen molar-refractivity contribution in [1.82, 2.24) is 4.31 Å². The van der Waals surface area contributed by atoms with Crippen LogP contribution in [0.4, 0.5) is 24.5 Å². The van der Waals surface area contributed by atoms with Crippen LogP contribution in [0.25, 0.3) is 0 Å². The van der Waals surface area contributed by atoms with Crippen LogP contribution >= 0.6 is 11.6 Å². The van der Waals surface area contributed by atoms with E-state index in [4.69, 9.17) is 16.3 Å². The lowest BCUT2D eigenvalue weighted by molar-refractivity contribution is -0.137. The van der Waals surface area contributed by atoms with E-state index >= 15 is 0 Å². The highest BCUT2D eigenvalue weighted by Gasteiger charge is 2.33. The Balaban J connectivity index is 1.93. The number of benzene rings is 2. The largest absolute Gasteiger partial charge is 0.495 e. The molecule has 0 unspecified atom stereocenters. The van der Waals surface area contributed by atoms with Crippen molar-refractivity contribution in [3.63, 3.8) is 0 Å². The van der Waals surface area contributed by atoms with Gasteiger partial charge in [0, 0.05) is 13.1 Å². The third-order valence-corrected chi connectivity index (χ3v) is 8.72. The molecule has 0 saturated carbocycles. The Kier molecular flexibility index (Phi) is 8.13. The van der Waals surface area contributed by atoms with Gasteiger partial charge >= 0.3 is 6.18 Å². The van der Waals surface area contributed by atoms with Crippen LogP contribution in [0.2, 0.25) is 5.02 Å². The molecule has 0 aromatic heterocycles. The first-order valence-electron chi connectivity index (χ1n) is 10.5. The van der Waals surface area contributed by atoms with Crippen molar-refractivity contribution in [1.29, 1.82) is 0 Å². The van der Waals surface area contributed by atoms with E-state index in [0.29, 0.717) is 35.8 Å². The molecule has 0 spiro atoms. The minimum atomic E-state index is -4.78. The maximum absolute atomic E-state index is 13.2. The van der Waals surface area contributed by atoms with Crippen molar-refractivity contribution in [2.24, 2.45) is 0 Å². The van der Waals surface area contributed by atoms with Gasteiger partial charge in [-0.3, -0.25) is 9.10 Å². The number of halogens is 4. The molecule has 198 valence electrons. The van der Waals surface area contributed by atoms with E-state index in [9.17, 15) is 34.8 Å². The minimum absolute atomic E-state index is 0.0636. The van der Waals surface area contributed by atoms with Gasteiger partial charge in [0.1, 0.15) is 12.3 Å². The van der Waals surface area contributed by atoms with Crippen molar-refractivity contribution >= 4 is 48.9 Å². The van der Waals surface area contributed by atoms with Crippen LogP contribution in [0.15, 0.2) is 41.3 Å². The number of amides is 1. The average molecular weight is 570 g/mol. The molecule has 1 heterocycles. The molecule has 0 aliphatic carbocycles. The quantitative estimate of drug-likeness (QED) is 0.520. The normalized spacial score (nSPS) is 15.1. The molecule has 0 radical (unpaired) electrons. The molecule has 0 atom stereocenters. The SMILES string of the molecule is COc1ccc(S(=O)(=O)N2CCCC2)cc1NC(=O)CN(c1cc(C(F)(F)F)ccc1Cl)S(C)(=O)=O. The Bertz CT molecular complexity index is 1360. The number of rotatable bonds is 8. The molecule has 1 saturated heterocycles. The van der Waals surface area contributed by atoms with Gasteiger partial charge in [-0.05, 0) is 49.2 Å². The second-order valence-electron chi connectivity index (χ2n) is 7.96. The zero-order valence-corrected chi connectivity index (χ0v) is 21.6. The summed E-state index contributed by atoms with van der Waals surface area (Å²) >= 11 is 5.98. The molecule has 1 aliphatic heterocycles. The number of nitrogens with one attached hydrogen (secondary N) is 1. The maximum Gasteiger partial charge on any atom is 0.416 e. The number of carbonyl (C=O) groups excluding carboxylic acids is 1. The lowest BCUT2D eigenvalue weighted by Crippen LogP contribution is -2.38. The standard InChI is InChI=1S/C21H23ClF3N3O6S2/c1-34-19-8-6-15(36(32,33)27-9-3-4-10-27)12-17(19)26-20(29)13-28(35(2,30)31)18-11-14(21(23,24)25)5-7-16(18)22/h5-8,11-12H,3-4,9-10,13H2,1-2H3,(H,26,29). The molecule has 1 fully saturated rings. The molecular formula is C21H23ClF3N3O6S2. The van der Waals surface area contributed by atoms with Crippen molar-refractivity contribution < 1.29 is 39.5 Å². The van der Waals surface area contributed by atoms with Gasteiger partial charge in [-0.2, -0.15) is 17.5 Å². The average Bonchev–Trinajstić information content (AvgIpc) is 3.32. The van der Waals surface area contributed by atoms with Crippen molar-refractivity contribution in [3.05, 3.63) is 47.0 Å². The molecule has 3 rings (SSSR count). The predicted octanol–water partition coefficient (Wildman–Crippen LogP) is 3.56. The molecule has 2 aromatic rings. The highest BCUT2D eigenvalue weighted by Crippen LogP contribution is 2.36. The highest BCUT2D eigenvalue weighted by atomic mass is 35.5. The Morgan fingerprint density at radius 3 is 2.31 bits per heavy atom. The first-order chi connectivity index (χ1) is 16.6. The number of carbonyl (C=O) groups is 1. The third kappa shape index (κ3) is 6.22. The van der Waals surface area contributed by atoms with Gasteiger partial charge < -0.3 is 10.1 Å². The third-order valence-electron chi connectivity index (χ3n) is 5.38. The minimum Gasteiger partial charge on any atom is -0.495 e. The first kappa shape index (κ1) is 28.0. The summed E-state index contributed by atoms with van der Waals surface area (Å²) in [7, 11) is -6.82. The van der Waals surface area contributed by atoms with Gasteiger partial charge in [0.05, 0.1) is 40.2 Å². The van der Waals surface area contributed by atoms with E-state index in [1.54, 1.807) is 0 Å². The van der Waals surface area contributed by atoms with Crippen molar-refractivity contribution in [2.45, 2.75) is 23.9 Å². The Labute approximate surface area is 211 Å². The summed E-state index contributed by atoms with van der Waals surface area (Å²) in [5.74, 6) is -0.880. The summed E-state index contributed by atoms with van der Waals surface area (Å²) in [4.78, 5) is 12.7. The monoisotopic (exact) mass is 569 g/mol. The summed E-state index contributed by atoms with van der Waals surface area (Å²) < 4.78 is 97.0. The molecule has 36 heavy (non-hydrogen) atoms. The number of sulfonamides is 2. The highest BCUT2D eigenvalue weighted by molar-refractivity contribution is 7.92. The zero-order chi connectivity index (χ0) is 26.9. The molecule has 9 nitrogen and oxygen atoms in total. The lowest BCUT2D eigenvalue weighted by atomic mass is 10.2. The van der Waals surface area contributed by atoms with Crippen LogP contribution in [-0.2, 0) is 31.0 Å². The van der Waals surface area contributed by atoms with E-state index in [1.807, 2.05) is 0 Å². The van der Waals surface area contributed by atoms with E-state index in [1.165, 1.54) is 29.6 Å². The lowest BCUT2D eigenvalue weighted by Gasteiger charge is -2.24. The van der Waals surface area contributed by atoms with E-state index < -0.39 is 49.9 Å². The summed E-state index contributed by atoms with van der Waals surface area (Å²) in [6, 6.07) is 5.91. The predicted molar refractivity (Wildman–Crippen MR) is 128 cm³/mol. The van der Waals surface area contributed by atoms with Crippen LogP contribution in [0, 0.1) is 0 Å². The van der Waals surface area contributed by atoms with E-state index in [-0.39, 0.29) is 21.4 Å². The Morgan fingerprint density at radius 1 is 1.11 bits per heavy atom. The number of nitrogens with zero attached hydrogens (tertiary/aromatic N) is 2. The number of alkyl halides is 3. The van der Waals surface area contributed by atoms with Gasteiger partial charge in [-0.25, -0.2) is 16.8 Å². The number of methoxy groups -OCH3 is 1. The molecule has 1 N–H and O–H groups in total. The van der Waals surface area contributed by atoms with Gasteiger partial charge in [0.25, 0.3) is 0 Å². The first-order valence-corrected chi connectivity index (χ1v) is 14.1. The number of hydrogen-bond donors (Lipinski definition) is 1. The molecular weight excluding hydrogens is 547 g/mol. The van der Waals surface area contributed by atoms with Crippen molar-refractivity contribution in [3.8, 4) is 5.75 Å². The fraction of sp³-hybridized carbons (Fsp3) is 0.381. The van der Waals surface area contributed by atoms with Crippen LogP contribution in [0.5, 0.6) is 5.75 Å². The fourth-order valence-electron chi connectivity index (χ4n) is 3.60. The summed E-state index contributed by atoms with van der Waals surface area (Å²) in [5, 5.41) is 2.06. The maximum atomic E-state index is 13.2. The number of hydrogen-bond acceptors (Lipinski definition) is 6. The smallest absolute Gasteiger partial charge is 0.416 e. The second kappa shape index (κ2) is 10.4. The molecule has 2 aromatic carbocycles. The Hall–Kier alpha value is -2.55. The van der Waals surface area contributed by atoms with Crippen LogP contribution in [-0.4, -0.2) is 60.0 Å². The number of ether oxygens (including phenoxy) is 1. The van der Waals surface area contributed by atoms with E-state index in [0.717, 1.165) is 18.9 Å². The summed E-state index contributed by atoms with van der Waals surface area (Å²) in [5.41, 5.74) is -1.76. The summed E-state index contributed by atoms with van der Waals surface area (Å²) in [6.45, 7) is -0.222. The van der Waals surface area contributed by atoms with Gasteiger partial charge in [-0.1, -0.05) is 11.6 Å². The molecule has 1 amide bonds. The van der Waals surface area contributed by atoms with Gasteiger partial charge in [-0.15, -0.1) is 0 Å². The van der Waals surface area contributed by atoms with Crippen molar-refractivity contribution in [2.75, 3.05) is 42.6 Å². The van der Waals surface area contributed by atoms with Gasteiger partial charge in [0.2, 0.25) is 26.0 Å². The second-order valence-corrected chi connectivity index (χ2v) is 12.2. The molecule has 0 bridgehead atoms. The van der Waals surface area contributed by atoms with Crippen LogP contribution < -0.4 is 14.4 Å². The van der Waals surface area contributed by atoms with Crippen LogP contribution in [0.3, 0.4) is 0 Å². The molecule has 1 aliphatic rings. The molecule has 15 heteroatoms. The van der Waals surface area contributed by atoms with E-state index in [2.05, 4.69) is 5.32 Å². The number of anilines is 2. The Morgan fingerprint density at radius 2 is 1.75 bits per heavy atom. The summed E-state index contributed by atoms with van der Waals surface area (Å²) in [6.07, 6.45) is -2.63.